The average Bonchev–Trinajstić information content (AvgIpc) is 3.56. The number of urea groups is 1. The molecule has 3 aromatic rings. The van der Waals surface area contributed by atoms with Gasteiger partial charge in [0.15, 0.2) is 0 Å². The first-order valence-corrected chi connectivity index (χ1v) is 11.8. The number of carbonyl (C=O) groups is 2. The molecule has 4 rings (SSSR count). The third-order valence-corrected chi connectivity index (χ3v) is 5.58. The second-order valence-corrected chi connectivity index (χ2v) is 9.94. The number of hydrogen-bond acceptors (Lipinski definition) is 5. The zero-order valence-corrected chi connectivity index (χ0v) is 20.8. The van der Waals surface area contributed by atoms with E-state index in [0.29, 0.717) is 16.9 Å². The van der Waals surface area contributed by atoms with Gasteiger partial charge in [-0.1, -0.05) is 23.7 Å². The number of halogens is 1. The van der Waals surface area contributed by atoms with Crippen molar-refractivity contribution >= 4 is 40.3 Å². The molecule has 184 valence electrons. The van der Waals surface area contributed by atoms with Crippen molar-refractivity contribution in [2.24, 2.45) is 0 Å². The molecule has 9 nitrogen and oxygen atoms in total. The van der Waals surface area contributed by atoms with Gasteiger partial charge in [0.2, 0.25) is 0 Å². The van der Waals surface area contributed by atoms with Crippen LogP contribution in [0, 0.1) is 0 Å². The molecular formula is C25H28ClN5O4. The molecule has 3 N–H and O–H groups in total. The Kier molecular flexibility index (Phi) is 6.71. The predicted molar refractivity (Wildman–Crippen MR) is 135 cm³/mol. The van der Waals surface area contributed by atoms with Gasteiger partial charge in [0.1, 0.15) is 11.4 Å². The smallest absolute Gasteiger partial charge is 0.408 e. The van der Waals surface area contributed by atoms with Gasteiger partial charge in [-0.05, 0) is 70.9 Å². The number of aromatic nitrogens is 2. The molecule has 1 aliphatic rings. The first-order valence-electron chi connectivity index (χ1n) is 11.4. The topological polar surface area (TPSA) is 114 Å². The summed E-state index contributed by atoms with van der Waals surface area (Å²) in [6.07, 6.45) is 1.31. The number of nitrogens with zero attached hydrogens (tertiary/aromatic N) is 2. The quantitative estimate of drug-likeness (QED) is 0.463. The summed E-state index contributed by atoms with van der Waals surface area (Å²) in [6.45, 7) is 7.01. The summed E-state index contributed by atoms with van der Waals surface area (Å²) in [5.74, 6) is 0.287. The van der Waals surface area contributed by atoms with Gasteiger partial charge in [-0.15, -0.1) is 0 Å². The molecule has 35 heavy (non-hydrogen) atoms. The number of amides is 3. The average molecular weight is 498 g/mol. The van der Waals surface area contributed by atoms with E-state index >= 15 is 0 Å². The van der Waals surface area contributed by atoms with Crippen LogP contribution in [0.3, 0.4) is 0 Å². The van der Waals surface area contributed by atoms with Crippen LogP contribution in [0.1, 0.15) is 52.4 Å². The lowest BCUT2D eigenvalue weighted by atomic mass is 10.2. The fraction of sp³-hybridized carbons (Fsp3) is 0.360. The van der Waals surface area contributed by atoms with E-state index < -0.39 is 23.3 Å². The second kappa shape index (κ2) is 9.58. The Labute approximate surface area is 207 Å². The second-order valence-electron chi connectivity index (χ2n) is 9.54. The molecule has 1 fully saturated rings. The van der Waals surface area contributed by atoms with Crippen molar-refractivity contribution < 1.29 is 14.3 Å². The number of benzene rings is 2. The first kappa shape index (κ1) is 24.5. The number of carbonyl (C=O) groups excluding carboxylic acids is 2. The number of alkyl carbamates (subject to hydrolysis) is 1. The minimum atomic E-state index is -0.686. The van der Waals surface area contributed by atoms with Crippen molar-refractivity contribution in [3.63, 3.8) is 0 Å². The molecule has 0 aliphatic heterocycles. The van der Waals surface area contributed by atoms with Crippen molar-refractivity contribution in [3.05, 3.63) is 63.7 Å². The summed E-state index contributed by atoms with van der Waals surface area (Å²) in [5.41, 5.74) is 0.291. The van der Waals surface area contributed by atoms with Gasteiger partial charge in [0.25, 0.3) is 5.56 Å². The van der Waals surface area contributed by atoms with E-state index in [-0.39, 0.29) is 28.3 Å². The SMILES string of the molecule is C[C@H](NC(=O)OC(C)(C)C)c1nc2cccc(Cl)c2c(=O)n1-c1cccc(NC(=O)NC2CC2)c1. The van der Waals surface area contributed by atoms with Gasteiger partial charge in [0.05, 0.1) is 27.7 Å². The van der Waals surface area contributed by atoms with E-state index in [2.05, 4.69) is 20.9 Å². The molecule has 0 radical (unpaired) electrons. The van der Waals surface area contributed by atoms with Gasteiger partial charge in [0, 0.05) is 11.7 Å². The molecule has 0 saturated heterocycles. The summed E-state index contributed by atoms with van der Waals surface area (Å²) in [4.78, 5) is 43.0. The number of anilines is 1. The lowest BCUT2D eigenvalue weighted by Crippen LogP contribution is -2.37. The van der Waals surface area contributed by atoms with Crippen LogP contribution in [-0.4, -0.2) is 33.3 Å². The molecule has 0 spiro atoms. The molecular weight excluding hydrogens is 470 g/mol. The van der Waals surface area contributed by atoms with Crippen LogP contribution in [-0.2, 0) is 4.74 Å². The van der Waals surface area contributed by atoms with Gasteiger partial charge in [-0.25, -0.2) is 14.6 Å². The van der Waals surface area contributed by atoms with Crippen LogP contribution < -0.4 is 21.5 Å². The molecule has 1 atom stereocenters. The minimum Gasteiger partial charge on any atom is -0.444 e. The maximum atomic E-state index is 13.7. The summed E-state index contributed by atoms with van der Waals surface area (Å²) >= 11 is 6.36. The van der Waals surface area contributed by atoms with E-state index in [4.69, 9.17) is 16.3 Å². The lowest BCUT2D eigenvalue weighted by Gasteiger charge is -2.23. The maximum Gasteiger partial charge on any atom is 0.408 e. The van der Waals surface area contributed by atoms with Crippen molar-refractivity contribution in [2.75, 3.05) is 5.32 Å². The normalized spacial score (nSPS) is 14.3. The van der Waals surface area contributed by atoms with Gasteiger partial charge >= 0.3 is 12.1 Å². The highest BCUT2D eigenvalue weighted by molar-refractivity contribution is 6.35. The largest absolute Gasteiger partial charge is 0.444 e. The molecule has 1 aromatic heterocycles. The van der Waals surface area contributed by atoms with Crippen molar-refractivity contribution in [1.82, 2.24) is 20.2 Å². The van der Waals surface area contributed by atoms with E-state index in [1.165, 1.54) is 4.57 Å². The third-order valence-electron chi connectivity index (χ3n) is 5.27. The number of ether oxygens (including phenoxy) is 1. The van der Waals surface area contributed by atoms with Crippen LogP contribution in [0.15, 0.2) is 47.3 Å². The van der Waals surface area contributed by atoms with Gasteiger partial charge in [-0.2, -0.15) is 0 Å². The van der Waals surface area contributed by atoms with Crippen molar-refractivity contribution in [3.8, 4) is 5.69 Å². The number of rotatable bonds is 5. The monoisotopic (exact) mass is 497 g/mol. The van der Waals surface area contributed by atoms with Gasteiger partial charge < -0.3 is 20.7 Å². The zero-order chi connectivity index (χ0) is 25.3. The standard InChI is InChI=1S/C25H28ClN5O4/c1-14(27-24(34)35-25(2,3)4)21-30-19-10-6-9-18(26)20(19)22(32)31(21)17-8-5-7-16(13-17)29-23(33)28-15-11-12-15/h5-10,13-15H,11-12H2,1-4H3,(H,27,34)(H2,28,29,33)/t14-/m0/s1. The Balaban J connectivity index is 1.77. The third kappa shape index (κ3) is 5.92. The fourth-order valence-corrected chi connectivity index (χ4v) is 3.85. The predicted octanol–water partition coefficient (Wildman–Crippen LogP) is 4.91. The highest BCUT2D eigenvalue weighted by Crippen LogP contribution is 2.24. The summed E-state index contributed by atoms with van der Waals surface area (Å²) < 4.78 is 6.76. The molecule has 10 heteroatoms. The Morgan fingerprint density at radius 1 is 1.17 bits per heavy atom. The fourth-order valence-electron chi connectivity index (χ4n) is 3.60. The molecule has 2 aromatic carbocycles. The Hall–Kier alpha value is -3.59. The number of nitrogens with one attached hydrogen (secondary N) is 3. The van der Waals surface area contributed by atoms with Crippen LogP contribution in [0.2, 0.25) is 5.02 Å². The van der Waals surface area contributed by atoms with E-state index in [1.54, 1.807) is 70.2 Å². The Bertz CT molecular complexity index is 1340. The summed E-state index contributed by atoms with van der Waals surface area (Å²) in [7, 11) is 0. The first-order chi connectivity index (χ1) is 16.5. The highest BCUT2D eigenvalue weighted by Gasteiger charge is 2.25. The van der Waals surface area contributed by atoms with Crippen LogP contribution in [0.5, 0.6) is 0 Å². The molecule has 1 heterocycles. The lowest BCUT2D eigenvalue weighted by molar-refractivity contribution is 0.0505. The van der Waals surface area contributed by atoms with E-state index in [0.717, 1.165) is 12.8 Å². The number of hydrogen-bond donors (Lipinski definition) is 3. The van der Waals surface area contributed by atoms with Crippen LogP contribution in [0.4, 0.5) is 15.3 Å². The maximum absolute atomic E-state index is 13.7. The Morgan fingerprint density at radius 3 is 2.57 bits per heavy atom. The van der Waals surface area contributed by atoms with Crippen LogP contribution >= 0.6 is 11.6 Å². The molecule has 1 aliphatic carbocycles. The molecule has 3 amide bonds. The summed E-state index contributed by atoms with van der Waals surface area (Å²) in [5, 5.41) is 8.94. The highest BCUT2D eigenvalue weighted by atomic mass is 35.5. The molecule has 0 unspecified atom stereocenters. The van der Waals surface area contributed by atoms with Crippen LogP contribution in [0.25, 0.3) is 16.6 Å². The van der Waals surface area contributed by atoms with E-state index in [1.807, 2.05) is 0 Å². The Morgan fingerprint density at radius 2 is 1.89 bits per heavy atom. The zero-order valence-electron chi connectivity index (χ0n) is 20.0. The van der Waals surface area contributed by atoms with Crippen molar-refractivity contribution in [1.29, 1.82) is 0 Å². The number of fused-ring (bicyclic) bond motifs is 1. The molecule has 0 bridgehead atoms. The van der Waals surface area contributed by atoms with E-state index in [9.17, 15) is 14.4 Å². The van der Waals surface area contributed by atoms with Gasteiger partial charge in [-0.3, -0.25) is 9.36 Å². The minimum absolute atomic E-state index is 0.207. The summed E-state index contributed by atoms with van der Waals surface area (Å²) in [6, 6.07) is 11.1. The van der Waals surface area contributed by atoms with Crippen molar-refractivity contribution in [2.45, 2.75) is 58.2 Å². The molecule has 1 saturated carbocycles.